The highest BCUT2D eigenvalue weighted by Gasteiger charge is 2.22. The summed E-state index contributed by atoms with van der Waals surface area (Å²) in [6, 6.07) is 5.15. The van der Waals surface area contributed by atoms with Crippen molar-refractivity contribution in [2.45, 2.75) is 37.0 Å². The summed E-state index contributed by atoms with van der Waals surface area (Å²) in [5.41, 5.74) is 5.30. The van der Waals surface area contributed by atoms with E-state index < -0.39 is 21.8 Å². The molecule has 0 radical (unpaired) electrons. The summed E-state index contributed by atoms with van der Waals surface area (Å²) in [6.45, 7) is 0. The molecule has 0 saturated heterocycles. The largest absolute Gasteiger partial charge is 0.366 e. The third-order valence-corrected chi connectivity index (χ3v) is 5.04. The normalized spacial score (nSPS) is 15.8. The van der Waals surface area contributed by atoms with Crippen LogP contribution in [0.1, 0.15) is 42.5 Å². The van der Waals surface area contributed by atoms with Crippen LogP contribution >= 0.6 is 0 Å². The molecule has 0 heterocycles. The Balaban J connectivity index is 2.03. The maximum absolute atomic E-state index is 12.0. The van der Waals surface area contributed by atoms with E-state index in [1.807, 2.05) is 0 Å². The number of sulfonamides is 1. The van der Waals surface area contributed by atoms with Crippen LogP contribution in [0.3, 0.4) is 0 Å². The number of nitrogens with one attached hydrogen (secondary N) is 1. The smallest absolute Gasteiger partial charge is 0.264 e. The van der Waals surface area contributed by atoms with E-state index in [1.165, 1.54) is 24.3 Å². The van der Waals surface area contributed by atoms with Crippen molar-refractivity contribution in [2.75, 3.05) is 0 Å². The summed E-state index contributed by atoms with van der Waals surface area (Å²) >= 11 is 0. The van der Waals surface area contributed by atoms with Gasteiger partial charge in [0, 0.05) is 12.0 Å². The second-order valence-corrected chi connectivity index (χ2v) is 6.95. The zero-order valence-electron chi connectivity index (χ0n) is 11.5. The molecular formula is C14H18N2O4S. The van der Waals surface area contributed by atoms with Crippen molar-refractivity contribution in [3.8, 4) is 0 Å². The van der Waals surface area contributed by atoms with Gasteiger partial charge < -0.3 is 5.73 Å². The fraction of sp³-hybridized carbons (Fsp3) is 0.429. The zero-order valence-corrected chi connectivity index (χ0v) is 12.4. The van der Waals surface area contributed by atoms with Gasteiger partial charge in [-0.25, -0.2) is 13.1 Å². The molecule has 2 amide bonds. The Kier molecular flexibility index (Phi) is 4.62. The van der Waals surface area contributed by atoms with Crippen LogP contribution in [0, 0.1) is 5.92 Å². The van der Waals surface area contributed by atoms with E-state index in [-0.39, 0.29) is 22.8 Å². The lowest BCUT2D eigenvalue weighted by atomic mass is 10.0. The molecule has 0 aromatic heterocycles. The molecule has 0 aliphatic heterocycles. The zero-order chi connectivity index (χ0) is 15.5. The molecule has 0 spiro atoms. The van der Waals surface area contributed by atoms with Crippen molar-refractivity contribution in [1.29, 1.82) is 0 Å². The SMILES string of the molecule is NC(=O)c1ccc(S(=O)(=O)NC(=O)CC2CCCC2)cc1. The lowest BCUT2D eigenvalue weighted by Gasteiger charge is -2.10. The van der Waals surface area contributed by atoms with Crippen molar-refractivity contribution >= 4 is 21.8 Å². The van der Waals surface area contributed by atoms with Crippen molar-refractivity contribution in [1.82, 2.24) is 4.72 Å². The summed E-state index contributed by atoms with van der Waals surface area (Å²) in [6.07, 6.45) is 4.37. The fourth-order valence-corrected chi connectivity index (χ4v) is 3.52. The molecule has 21 heavy (non-hydrogen) atoms. The van der Waals surface area contributed by atoms with Gasteiger partial charge in [-0.15, -0.1) is 0 Å². The maximum atomic E-state index is 12.0. The molecule has 1 saturated carbocycles. The third-order valence-electron chi connectivity index (χ3n) is 3.65. The minimum absolute atomic E-state index is 0.0627. The Morgan fingerprint density at radius 1 is 1.14 bits per heavy atom. The van der Waals surface area contributed by atoms with Crippen LogP contribution in [0.2, 0.25) is 0 Å². The van der Waals surface area contributed by atoms with E-state index >= 15 is 0 Å². The van der Waals surface area contributed by atoms with Crippen LogP contribution in [0.4, 0.5) is 0 Å². The number of carbonyl (C=O) groups is 2. The van der Waals surface area contributed by atoms with Crippen molar-refractivity contribution in [3.63, 3.8) is 0 Å². The van der Waals surface area contributed by atoms with Crippen LogP contribution in [-0.2, 0) is 14.8 Å². The van der Waals surface area contributed by atoms with Gasteiger partial charge in [-0.05, 0) is 43.0 Å². The maximum Gasteiger partial charge on any atom is 0.264 e. The van der Waals surface area contributed by atoms with E-state index in [1.54, 1.807) is 0 Å². The number of nitrogens with two attached hydrogens (primary N) is 1. The average Bonchev–Trinajstić information content (AvgIpc) is 2.90. The van der Waals surface area contributed by atoms with Gasteiger partial charge in [0.1, 0.15) is 0 Å². The first-order chi connectivity index (χ1) is 9.88. The molecule has 1 aromatic carbocycles. The van der Waals surface area contributed by atoms with Crippen molar-refractivity contribution < 1.29 is 18.0 Å². The van der Waals surface area contributed by atoms with E-state index in [0.717, 1.165) is 25.7 Å². The monoisotopic (exact) mass is 310 g/mol. The molecule has 1 fully saturated rings. The molecule has 1 aromatic rings. The number of hydrogen-bond acceptors (Lipinski definition) is 4. The highest BCUT2D eigenvalue weighted by Crippen LogP contribution is 2.27. The molecule has 3 N–H and O–H groups in total. The number of hydrogen-bond donors (Lipinski definition) is 2. The molecule has 6 nitrogen and oxygen atoms in total. The predicted octanol–water partition coefficient (Wildman–Crippen LogP) is 1.17. The van der Waals surface area contributed by atoms with Crippen LogP contribution < -0.4 is 10.5 Å². The third kappa shape index (κ3) is 4.04. The second-order valence-electron chi connectivity index (χ2n) is 5.27. The second kappa shape index (κ2) is 6.26. The summed E-state index contributed by atoms with van der Waals surface area (Å²) in [4.78, 5) is 22.7. The Labute approximate surface area is 123 Å². The van der Waals surface area contributed by atoms with Gasteiger partial charge in [0.25, 0.3) is 10.0 Å². The molecule has 1 aliphatic carbocycles. The fourth-order valence-electron chi connectivity index (χ4n) is 2.53. The van der Waals surface area contributed by atoms with Crippen LogP contribution in [0.15, 0.2) is 29.2 Å². The Morgan fingerprint density at radius 3 is 2.24 bits per heavy atom. The van der Waals surface area contributed by atoms with Crippen LogP contribution in [0.5, 0.6) is 0 Å². The van der Waals surface area contributed by atoms with Gasteiger partial charge in [-0.2, -0.15) is 0 Å². The molecule has 1 aliphatic rings. The highest BCUT2D eigenvalue weighted by atomic mass is 32.2. The summed E-state index contributed by atoms with van der Waals surface area (Å²) in [7, 11) is -3.90. The number of rotatable bonds is 5. The predicted molar refractivity (Wildman–Crippen MR) is 76.9 cm³/mol. The quantitative estimate of drug-likeness (QED) is 0.851. The lowest BCUT2D eigenvalue weighted by Crippen LogP contribution is -2.31. The van der Waals surface area contributed by atoms with Crippen LogP contribution in [-0.4, -0.2) is 20.2 Å². The topological polar surface area (TPSA) is 106 Å². The minimum atomic E-state index is -3.90. The van der Waals surface area contributed by atoms with E-state index in [4.69, 9.17) is 5.73 Å². The first kappa shape index (κ1) is 15.5. The summed E-state index contributed by atoms with van der Waals surface area (Å²) in [5.74, 6) is -0.845. The lowest BCUT2D eigenvalue weighted by molar-refractivity contribution is -0.120. The first-order valence-electron chi connectivity index (χ1n) is 6.84. The van der Waals surface area contributed by atoms with E-state index in [9.17, 15) is 18.0 Å². The van der Waals surface area contributed by atoms with Crippen molar-refractivity contribution in [2.24, 2.45) is 11.7 Å². The number of primary amides is 1. The van der Waals surface area contributed by atoms with Gasteiger partial charge >= 0.3 is 0 Å². The highest BCUT2D eigenvalue weighted by molar-refractivity contribution is 7.90. The molecule has 0 atom stereocenters. The van der Waals surface area contributed by atoms with E-state index in [0.29, 0.717) is 0 Å². The molecule has 2 rings (SSSR count). The number of benzene rings is 1. The number of carbonyl (C=O) groups excluding carboxylic acids is 2. The Morgan fingerprint density at radius 2 is 1.71 bits per heavy atom. The van der Waals surface area contributed by atoms with Gasteiger partial charge in [0.15, 0.2) is 0 Å². The Hall–Kier alpha value is -1.89. The standard InChI is InChI=1S/C14H18N2O4S/c15-14(18)11-5-7-12(8-6-11)21(19,20)16-13(17)9-10-3-1-2-4-10/h5-8,10H,1-4,9H2,(H2,15,18)(H,16,17). The first-order valence-corrected chi connectivity index (χ1v) is 8.32. The molecule has 114 valence electrons. The van der Waals surface area contributed by atoms with Gasteiger partial charge in [0.2, 0.25) is 11.8 Å². The van der Waals surface area contributed by atoms with Gasteiger partial charge in [-0.3, -0.25) is 9.59 Å². The van der Waals surface area contributed by atoms with E-state index in [2.05, 4.69) is 4.72 Å². The Bertz CT molecular complexity index is 631. The molecule has 0 bridgehead atoms. The van der Waals surface area contributed by atoms with Gasteiger partial charge in [0.05, 0.1) is 4.90 Å². The summed E-state index contributed by atoms with van der Waals surface area (Å²) < 4.78 is 26.2. The summed E-state index contributed by atoms with van der Waals surface area (Å²) in [5, 5.41) is 0. The number of amides is 2. The van der Waals surface area contributed by atoms with Crippen LogP contribution in [0.25, 0.3) is 0 Å². The molecule has 7 heteroatoms. The average molecular weight is 310 g/mol. The van der Waals surface area contributed by atoms with Crippen molar-refractivity contribution in [3.05, 3.63) is 29.8 Å². The molecule has 0 unspecified atom stereocenters. The minimum Gasteiger partial charge on any atom is -0.366 e. The molecular weight excluding hydrogens is 292 g/mol. The van der Waals surface area contributed by atoms with Gasteiger partial charge in [-0.1, -0.05) is 12.8 Å².